The molecule has 2 N–H and O–H groups in total. The Morgan fingerprint density at radius 2 is 1.71 bits per heavy atom. The predicted octanol–water partition coefficient (Wildman–Crippen LogP) is 5.53. The second-order valence-corrected chi connectivity index (χ2v) is 7.53. The number of hydrogen-bond donors (Lipinski definition) is 2. The van der Waals surface area contributed by atoms with E-state index in [1.54, 1.807) is 12.1 Å². The van der Waals surface area contributed by atoms with Crippen molar-refractivity contribution in [3.8, 4) is 11.3 Å². The third-order valence-electron chi connectivity index (χ3n) is 4.28. The average Bonchev–Trinajstić information content (AvgIpc) is 3.16. The summed E-state index contributed by atoms with van der Waals surface area (Å²) >= 11 is 11.1. The van der Waals surface area contributed by atoms with E-state index in [0.717, 1.165) is 11.3 Å². The Hall–Kier alpha value is -2.63. The summed E-state index contributed by atoms with van der Waals surface area (Å²) < 4.78 is 5.81. The molecule has 28 heavy (non-hydrogen) atoms. The van der Waals surface area contributed by atoms with Gasteiger partial charge in [0.25, 0.3) is 5.91 Å². The normalized spacial score (nSPS) is 10.7. The highest BCUT2D eigenvalue weighted by Gasteiger charge is 2.10. The SMILES string of the molecule is CC(C)c1ccc(C(=O)NC(=S)NCc2ccc(-c3ccc(Cl)cc3)o2)cc1. The van der Waals surface area contributed by atoms with Gasteiger partial charge in [0.2, 0.25) is 0 Å². The van der Waals surface area contributed by atoms with Crippen LogP contribution >= 0.6 is 23.8 Å². The number of carbonyl (C=O) groups excluding carboxylic acids is 1. The van der Waals surface area contributed by atoms with Crippen molar-refractivity contribution in [3.05, 3.63) is 82.6 Å². The van der Waals surface area contributed by atoms with Crippen LogP contribution in [0.15, 0.2) is 65.1 Å². The van der Waals surface area contributed by atoms with Gasteiger partial charge in [0.1, 0.15) is 11.5 Å². The van der Waals surface area contributed by atoms with Gasteiger partial charge in [-0.2, -0.15) is 0 Å². The van der Waals surface area contributed by atoms with Crippen molar-refractivity contribution in [1.29, 1.82) is 0 Å². The number of thiocarbonyl (C=S) groups is 1. The molecule has 0 aliphatic carbocycles. The van der Waals surface area contributed by atoms with Crippen molar-refractivity contribution in [3.63, 3.8) is 0 Å². The molecule has 3 aromatic rings. The first-order chi connectivity index (χ1) is 13.4. The number of carbonyl (C=O) groups is 1. The standard InChI is InChI=1S/C22H21ClN2O2S/c1-14(2)15-3-5-17(6-4-15)21(26)25-22(28)24-13-19-11-12-20(27-19)16-7-9-18(23)10-8-16/h3-12,14H,13H2,1-2H3,(H2,24,25,26,28). The molecular formula is C22H21ClN2O2S. The highest BCUT2D eigenvalue weighted by molar-refractivity contribution is 7.80. The molecule has 0 saturated carbocycles. The van der Waals surface area contributed by atoms with Crippen molar-refractivity contribution in [2.24, 2.45) is 0 Å². The lowest BCUT2D eigenvalue weighted by atomic mass is 10.0. The summed E-state index contributed by atoms with van der Waals surface area (Å²) in [6.07, 6.45) is 0. The van der Waals surface area contributed by atoms with Crippen LogP contribution < -0.4 is 10.6 Å². The number of furan rings is 1. The molecule has 3 rings (SSSR count). The zero-order chi connectivity index (χ0) is 20.1. The molecule has 0 fully saturated rings. The molecule has 0 spiro atoms. The number of hydrogen-bond acceptors (Lipinski definition) is 3. The summed E-state index contributed by atoms with van der Waals surface area (Å²) in [5.74, 6) is 1.64. The van der Waals surface area contributed by atoms with Crippen molar-refractivity contribution in [1.82, 2.24) is 10.6 Å². The summed E-state index contributed by atoms with van der Waals surface area (Å²) in [6.45, 7) is 4.60. The Kier molecular flexibility index (Phi) is 6.49. The fourth-order valence-electron chi connectivity index (χ4n) is 2.65. The van der Waals surface area contributed by atoms with Crippen LogP contribution in [-0.4, -0.2) is 11.0 Å². The summed E-state index contributed by atoms with van der Waals surface area (Å²) in [7, 11) is 0. The summed E-state index contributed by atoms with van der Waals surface area (Å²) in [6, 6.07) is 18.7. The van der Waals surface area contributed by atoms with E-state index in [-0.39, 0.29) is 11.0 Å². The monoisotopic (exact) mass is 412 g/mol. The molecule has 144 valence electrons. The first-order valence-corrected chi connectivity index (χ1v) is 9.75. The van der Waals surface area contributed by atoms with E-state index in [1.165, 1.54) is 5.56 Å². The molecule has 0 bridgehead atoms. The molecule has 4 nitrogen and oxygen atoms in total. The third kappa shape index (κ3) is 5.21. The van der Waals surface area contributed by atoms with E-state index in [9.17, 15) is 4.79 Å². The van der Waals surface area contributed by atoms with Gasteiger partial charge in [0, 0.05) is 16.1 Å². The molecule has 0 aliphatic rings. The maximum Gasteiger partial charge on any atom is 0.257 e. The lowest BCUT2D eigenvalue weighted by Crippen LogP contribution is -2.38. The second-order valence-electron chi connectivity index (χ2n) is 6.69. The largest absolute Gasteiger partial charge is 0.459 e. The molecule has 0 radical (unpaired) electrons. The number of halogens is 1. The number of rotatable bonds is 5. The minimum Gasteiger partial charge on any atom is -0.459 e. The van der Waals surface area contributed by atoms with E-state index in [1.807, 2.05) is 48.5 Å². The van der Waals surface area contributed by atoms with Gasteiger partial charge in [-0.1, -0.05) is 37.6 Å². The molecule has 0 unspecified atom stereocenters. The van der Waals surface area contributed by atoms with E-state index in [2.05, 4.69) is 24.5 Å². The maximum atomic E-state index is 12.3. The van der Waals surface area contributed by atoms with E-state index >= 15 is 0 Å². The van der Waals surface area contributed by atoms with Crippen LogP contribution in [0, 0.1) is 0 Å². The van der Waals surface area contributed by atoms with Crippen LogP contribution in [0.4, 0.5) is 0 Å². The number of benzene rings is 2. The van der Waals surface area contributed by atoms with Crippen LogP contribution in [0.25, 0.3) is 11.3 Å². The predicted molar refractivity (Wildman–Crippen MR) is 117 cm³/mol. The molecule has 1 aromatic heterocycles. The Balaban J connectivity index is 1.53. The summed E-state index contributed by atoms with van der Waals surface area (Å²) in [4.78, 5) is 12.3. The Morgan fingerprint density at radius 1 is 1.04 bits per heavy atom. The number of amides is 1. The quantitative estimate of drug-likeness (QED) is 0.541. The minimum atomic E-state index is -0.242. The zero-order valence-corrected chi connectivity index (χ0v) is 17.2. The van der Waals surface area contributed by atoms with Gasteiger partial charge >= 0.3 is 0 Å². The van der Waals surface area contributed by atoms with Crippen LogP contribution in [0.5, 0.6) is 0 Å². The van der Waals surface area contributed by atoms with Crippen LogP contribution in [0.2, 0.25) is 5.02 Å². The lowest BCUT2D eigenvalue weighted by molar-refractivity contribution is 0.0976. The van der Waals surface area contributed by atoms with E-state index in [4.69, 9.17) is 28.2 Å². The first-order valence-electron chi connectivity index (χ1n) is 8.96. The molecule has 2 aromatic carbocycles. The van der Waals surface area contributed by atoms with E-state index in [0.29, 0.717) is 28.8 Å². The molecule has 1 amide bonds. The van der Waals surface area contributed by atoms with Gasteiger partial charge < -0.3 is 9.73 Å². The van der Waals surface area contributed by atoms with Gasteiger partial charge in [-0.3, -0.25) is 10.1 Å². The van der Waals surface area contributed by atoms with Gasteiger partial charge in [-0.05, 0) is 72.2 Å². The highest BCUT2D eigenvalue weighted by atomic mass is 35.5. The molecule has 1 heterocycles. The fourth-order valence-corrected chi connectivity index (χ4v) is 2.94. The molecule has 0 atom stereocenters. The molecule has 6 heteroatoms. The average molecular weight is 413 g/mol. The topological polar surface area (TPSA) is 54.3 Å². The van der Waals surface area contributed by atoms with Gasteiger partial charge in [0.05, 0.1) is 6.54 Å². The van der Waals surface area contributed by atoms with Crippen LogP contribution in [-0.2, 0) is 6.54 Å². The summed E-state index contributed by atoms with van der Waals surface area (Å²) in [5.41, 5.74) is 2.69. The fraction of sp³-hybridized carbons (Fsp3) is 0.182. The zero-order valence-electron chi connectivity index (χ0n) is 15.7. The van der Waals surface area contributed by atoms with Crippen molar-refractivity contribution >= 4 is 34.8 Å². The Morgan fingerprint density at radius 3 is 2.36 bits per heavy atom. The first kappa shape index (κ1) is 20.1. The minimum absolute atomic E-state index is 0.242. The number of nitrogens with one attached hydrogen (secondary N) is 2. The van der Waals surface area contributed by atoms with Gasteiger partial charge in [-0.15, -0.1) is 0 Å². The molecule has 0 saturated heterocycles. The van der Waals surface area contributed by atoms with Crippen molar-refractivity contribution in [2.45, 2.75) is 26.3 Å². The highest BCUT2D eigenvalue weighted by Crippen LogP contribution is 2.23. The van der Waals surface area contributed by atoms with Crippen LogP contribution in [0.3, 0.4) is 0 Å². The van der Waals surface area contributed by atoms with Gasteiger partial charge in [0.15, 0.2) is 5.11 Å². The maximum absolute atomic E-state index is 12.3. The van der Waals surface area contributed by atoms with Crippen molar-refractivity contribution < 1.29 is 9.21 Å². The van der Waals surface area contributed by atoms with Crippen molar-refractivity contribution in [2.75, 3.05) is 0 Å². The summed E-state index contributed by atoms with van der Waals surface area (Å²) in [5, 5.41) is 6.60. The lowest BCUT2D eigenvalue weighted by Gasteiger charge is -2.10. The Bertz CT molecular complexity index is 963. The third-order valence-corrected chi connectivity index (χ3v) is 4.78. The second kappa shape index (κ2) is 9.04. The van der Waals surface area contributed by atoms with Gasteiger partial charge in [-0.25, -0.2) is 0 Å². The smallest absolute Gasteiger partial charge is 0.257 e. The molecular weight excluding hydrogens is 392 g/mol. The molecule has 0 aliphatic heterocycles. The Labute approximate surface area is 174 Å². The van der Waals surface area contributed by atoms with E-state index < -0.39 is 0 Å². The van der Waals surface area contributed by atoms with Crippen LogP contribution in [0.1, 0.15) is 41.4 Å².